The largest absolute Gasteiger partial charge is 0.506 e. The maximum absolute atomic E-state index is 9.79. The van der Waals surface area contributed by atoms with Crippen molar-refractivity contribution in [2.45, 2.75) is 26.3 Å². The van der Waals surface area contributed by atoms with Gasteiger partial charge in [-0.15, -0.1) is 0 Å². The average Bonchev–Trinajstić information content (AvgIpc) is 2.32. The lowest BCUT2D eigenvalue weighted by molar-refractivity contribution is 0.474. The highest BCUT2D eigenvalue weighted by molar-refractivity contribution is 8.13. The SMILES string of the molecule is CSC(=NC(C)(C)C)N/N=C\c1cc(Cl)cc(Cl)c1O. The molecule has 0 unspecified atom stereocenters. The van der Waals surface area contributed by atoms with Gasteiger partial charge < -0.3 is 5.11 Å². The van der Waals surface area contributed by atoms with Crippen molar-refractivity contribution >= 4 is 46.3 Å². The van der Waals surface area contributed by atoms with Crippen molar-refractivity contribution in [3.63, 3.8) is 0 Å². The van der Waals surface area contributed by atoms with E-state index in [2.05, 4.69) is 15.5 Å². The normalized spacial score (nSPS) is 13.0. The van der Waals surface area contributed by atoms with E-state index >= 15 is 0 Å². The summed E-state index contributed by atoms with van der Waals surface area (Å²) in [4.78, 5) is 4.46. The number of aliphatic imine (C=N–C) groups is 1. The summed E-state index contributed by atoms with van der Waals surface area (Å²) in [5.41, 5.74) is 3.07. The second-order valence-electron chi connectivity index (χ2n) is 4.99. The monoisotopic (exact) mass is 333 g/mol. The molecule has 0 bridgehead atoms. The molecule has 0 aliphatic carbocycles. The van der Waals surface area contributed by atoms with E-state index in [9.17, 15) is 5.11 Å². The Balaban J connectivity index is 2.86. The third-order valence-corrected chi connectivity index (χ3v) is 3.13. The number of thioether (sulfide) groups is 1. The Morgan fingerprint density at radius 2 is 2.00 bits per heavy atom. The Morgan fingerprint density at radius 1 is 1.35 bits per heavy atom. The molecule has 1 aromatic rings. The molecule has 0 heterocycles. The molecular formula is C13H17Cl2N3OS. The lowest BCUT2D eigenvalue weighted by atomic mass is 10.1. The molecule has 2 N–H and O–H groups in total. The predicted octanol–water partition coefficient (Wildman–Crippen LogP) is 4.14. The molecule has 0 radical (unpaired) electrons. The topological polar surface area (TPSA) is 57.0 Å². The van der Waals surface area contributed by atoms with Crippen molar-refractivity contribution in [1.29, 1.82) is 0 Å². The van der Waals surface area contributed by atoms with Crippen LogP contribution in [-0.2, 0) is 0 Å². The fraction of sp³-hybridized carbons (Fsp3) is 0.385. The minimum absolute atomic E-state index is 0.0555. The zero-order valence-electron chi connectivity index (χ0n) is 11.7. The van der Waals surface area contributed by atoms with Crippen molar-refractivity contribution in [3.05, 3.63) is 27.7 Å². The molecule has 0 aliphatic rings. The average molecular weight is 334 g/mol. The summed E-state index contributed by atoms with van der Waals surface area (Å²) in [5.74, 6) is -0.0555. The number of benzene rings is 1. The van der Waals surface area contributed by atoms with Gasteiger partial charge in [0.1, 0.15) is 5.75 Å². The summed E-state index contributed by atoms with van der Waals surface area (Å²) in [5, 5.41) is 15.1. The van der Waals surface area contributed by atoms with Gasteiger partial charge in [0, 0.05) is 10.6 Å². The lowest BCUT2D eigenvalue weighted by Crippen LogP contribution is -2.20. The van der Waals surface area contributed by atoms with Gasteiger partial charge in [-0.2, -0.15) is 5.10 Å². The van der Waals surface area contributed by atoms with Gasteiger partial charge in [-0.05, 0) is 39.2 Å². The van der Waals surface area contributed by atoms with Gasteiger partial charge in [0.05, 0.1) is 16.8 Å². The van der Waals surface area contributed by atoms with Crippen LogP contribution < -0.4 is 5.43 Å². The first-order valence-electron chi connectivity index (χ1n) is 5.84. The van der Waals surface area contributed by atoms with Gasteiger partial charge in [-0.1, -0.05) is 35.0 Å². The van der Waals surface area contributed by atoms with Crippen LogP contribution in [0.4, 0.5) is 0 Å². The van der Waals surface area contributed by atoms with Crippen LogP contribution in [0.25, 0.3) is 0 Å². The van der Waals surface area contributed by atoms with E-state index in [-0.39, 0.29) is 16.3 Å². The molecule has 20 heavy (non-hydrogen) atoms. The van der Waals surface area contributed by atoms with Crippen molar-refractivity contribution in [1.82, 2.24) is 5.43 Å². The van der Waals surface area contributed by atoms with Gasteiger partial charge in [-0.25, -0.2) is 0 Å². The molecule has 0 fully saturated rings. The molecule has 0 atom stereocenters. The molecule has 0 spiro atoms. The number of hydrazone groups is 1. The molecule has 1 aromatic carbocycles. The first-order chi connectivity index (χ1) is 9.23. The molecule has 0 aromatic heterocycles. The highest BCUT2D eigenvalue weighted by atomic mass is 35.5. The molecular weight excluding hydrogens is 317 g/mol. The number of rotatable bonds is 2. The number of hydrogen-bond donors (Lipinski definition) is 2. The number of aromatic hydroxyl groups is 1. The number of nitrogens with one attached hydrogen (secondary N) is 1. The zero-order valence-corrected chi connectivity index (χ0v) is 14.1. The number of halogens is 2. The van der Waals surface area contributed by atoms with E-state index in [1.807, 2.05) is 27.0 Å². The molecule has 110 valence electrons. The van der Waals surface area contributed by atoms with Crippen molar-refractivity contribution < 1.29 is 5.11 Å². The summed E-state index contributed by atoms with van der Waals surface area (Å²) in [6.07, 6.45) is 3.35. The summed E-state index contributed by atoms with van der Waals surface area (Å²) in [6.45, 7) is 5.99. The smallest absolute Gasteiger partial charge is 0.177 e. The Labute approximate surface area is 133 Å². The summed E-state index contributed by atoms with van der Waals surface area (Å²) >= 11 is 13.2. The maximum atomic E-state index is 9.79. The van der Waals surface area contributed by atoms with Gasteiger partial charge in [0.2, 0.25) is 0 Å². The van der Waals surface area contributed by atoms with Crippen LogP contribution in [-0.4, -0.2) is 28.3 Å². The summed E-state index contributed by atoms with van der Waals surface area (Å²) in [7, 11) is 0. The van der Waals surface area contributed by atoms with Gasteiger partial charge >= 0.3 is 0 Å². The molecule has 0 saturated heterocycles. The standard InChI is InChI=1S/C13H17Cl2N3OS/c1-13(2,3)17-12(20-4)18-16-7-8-5-9(14)6-10(15)11(8)19/h5-7,19H,1-4H3,(H,17,18)/b16-7-. The van der Waals surface area contributed by atoms with Gasteiger partial charge in [0.25, 0.3) is 0 Å². The van der Waals surface area contributed by atoms with E-state index < -0.39 is 0 Å². The number of phenols is 1. The quantitative estimate of drug-likeness (QED) is 0.485. The molecule has 0 amide bonds. The zero-order chi connectivity index (χ0) is 15.3. The maximum Gasteiger partial charge on any atom is 0.177 e. The number of hydrogen-bond acceptors (Lipinski definition) is 4. The first-order valence-corrected chi connectivity index (χ1v) is 7.82. The molecule has 4 nitrogen and oxygen atoms in total. The fourth-order valence-corrected chi connectivity index (χ4v) is 2.28. The minimum Gasteiger partial charge on any atom is -0.506 e. The molecule has 0 saturated carbocycles. The Hall–Kier alpha value is -0.910. The second-order valence-corrected chi connectivity index (χ2v) is 6.63. The van der Waals surface area contributed by atoms with Gasteiger partial charge in [0.15, 0.2) is 5.17 Å². The van der Waals surface area contributed by atoms with Crippen molar-refractivity contribution in [3.8, 4) is 5.75 Å². The van der Waals surface area contributed by atoms with Gasteiger partial charge in [-0.3, -0.25) is 10.4 Å². The van der Waals surface area contributed by atoms with Crippen LogP contribution in [0, 0.1) is 0 Å². The Morgan fingerprint density at radius 3 is 2.55 bits per heavy atom. The van der Waals surface area contributed by atoms with E-state index in [4.69, 9.17) is 23.2 Å². The first kappa shape index (κ1) is 17.1. The van der Waals surface area contributed by atoms with E-state index in [1.54, 1.807) is 6.07 Å². The van der Waals surface area contributed by atoms with Crippen LogP contribution in [0.3, 0.4) is 0 Å². The van der Waals surface area contributed by atoms with Crippen LogP contribution in [0.2, 0.25) is 10.0 Å². The number of phenolic OH excluding ortho intramolecular Hbond substituents is 1. The van der Waals surface area contributed by atoms with Crippen LogP contribution >= 0.6 is 35.0 Å². The summed E-state index contributed by atoms with van der Waals surface area (Å²) in [6, 6.07) is 3.05. The van der Waals surface area contributed by atoms with Crippen LogP contribution in [0.5, 0.6) is 5.75 Å². The minimum atomic E-state index is -0.192. The third-order valence-electron chi connectivity index (χ3n) is 2.05. The van der Waals surface area contributed by atoms with Crippen LogP contribution in [0.15, 0.2) is 22.2 Å². The second kappa shape index (κ2) is 7.20. The van der Waals surface area contributed by atoms with Crippen LogP contribution in [0.1, 0.15) is 26.3 Å². The van der Waals surface area contributed by atoms with E-state index in [0.29, 0.717) is 15.8 Å². The van der Waals surface area contributed by atoms with Crippen molar-refractivity contribution in [2.75, 3.05) is 6.26 Å². The fourth-order valence-electron chi connectivity index (χ4n) is 1.26. The molecule has 1 rings (SSSR count). The highest BCUT2D eigenvalue weighted by Gasteiger charge is 2.09. The van der Waals surface area contributed by atoms with E-state index in [1.165, 1.54) is 24.0 Å². The number of amidine groups is 1. The predicted molar refractivity (Wildman–Crippen MR) is 89.6 cm³/mol. The number of nitrogens with zero attached hydrogens (tertiary/aromatic N) is 2. The Kier molecular flexibility index (Phi) is 6.17. The van der Waals surface area contributed by atoms with Crippen molar-refractivity contribution in [2.24, 2.45) is 10.1 Å². The molecule has 7 heteroatoms. The van der Waals surface area contributed by atoms with E-state index in [0.717, 1.165) is 0 Å². The molecule has 0 aliphatic heterocycles. The third kappa shape index (κ3) is 5.61. The Bertz CT molecular complexity index is 539. The lowest BCUT2D eigenvalue weighted by Gasteiger charge is -2.14. The highest BCUT2D eigenvalue weighted by Crippen LogP contribution is 2.29. The summed E-state index contributed by atoms with van der Waals surface area (Å²) < 4.78 is 0.